The molecule has 0 aromatic heterocycles. The SMILES string of the molecule is C[C@@H]1CC=CCCC(=O)N[C@H]2CCC[C@H]2OC1=O. The van der Waals surface area contributed by atoms with Crippen LogP contribution in [0.25, 0.3) is 0 Å². The first-order chi connectivity index (χ1) is 8.66. The van der Waals surface area contributed by atoms with Gasteiger partial charge in [0.05, 0.1) is 12.0 Å². The summed E-state index contributed by atoms with van der Waals surface area (Å²) in [4.78, 5) is 23.6. The molecular formula is C14H21NO3. The third-order valence-electron chi connectivity index (χ3n) is 3.66. The van der Waals surface area contributed by atoms with Crippen molar-refractivity contribution in [2.45, 2.75) is 57.6 Å². The molecule has 4 nitrogen and oxygen atoms in total. The van der Waals surface area contributed by atoms with Gasteiger partial charge < -0.3 is 10.1 Å². The van der Waals surface area contributed by atoms with Gasteiger partial charge >= 0.3 is 5.97 Å². The van der Waals surface area contributed by atoms with Gasteiger partial charge in [-0.2, -0.15) is 0 Å². The number of carbonyl (C=O) groups is 2. The van der Waals surface area contributed by atoms with Crippen LogP contribution in [-0.2, 0) is 14.3 Å². The number of carbonyl (C=O) groups excluding carboxylic acids is 2. The highest BCUT2D eigenvalue weighted by molar-refractivity contribution is 5.77. The minimum atomic E-state index is -0.147. The van der Waals surface area contributed by atoms with E-state index in [4.69, 9.17) is 4.74 Å². The second-order valence-electron chi connectivity index (χ2n) is 5.23. The van der Waals surface area contributed by atoms with E-state index >= 15 is 0 Å². The number of hydrogen-bond acceptors (Lipinski definition) is 3. The molecule has 1 aliphatic carbocycles. The van der Waals surface area contributed by atoms with E-state index in [1.807, 2.05) is 19.1 Å². The number of rotatable bonds is 0. The minimum absolute atomic E-state index is 0.0112. The summed E-state index contributed by atoms with van der Waals surface area (Å²) < 4.78 is 5.52. The average Bonchev–Trinajstić information content (AvgIpc) is 2.74. The standard InChI is InChI=1S/C14H21NO3/c1-10-6-3-2-4-9-13(16)15-11-7-5-8-12(11)18-14(10)17/h2-3,10-12H,4-9H2,1H3,(H,15,16)/t10-,11+,12-/m1/s1. The Balaban J connectivity index is 2.06. The highest BCUT2D eigenvalue weighted by atomic mass is 16.5. The third kappa shape index (κ3) is 3.34. The molecular weight excluding hydrogens is 230 g/mol. The van der Waals surface area contributed by atoms with Gasteiger partial charge in [-0.15, -0.1) is 0 Å². The monoisotopic (exact) mass is 251 g/mol. The van der Waals surface area contributed by atoms with E-state index in [1.165, 1.54) is 0 Å². The molecule has 1 fully saturated rings. The number of amides is 1. The van der Waals surface area contributed by atoms with Gasteiger partial charge in [-0.3, -0.25) is 9.59 Å². The molecule has 2 aliphatic rings. The summed E-state index contributed by atoms with van der Waals surface area (Å²) >= 11 is 0. The zero-order chi connectivity index (χ0) is 13.0. The smallest absolute Gasteiger partial charge is 0.309 e. The summed E-state index contributed by atoms with van der Waals surface area (Å²) in [6.45, 7) is 1.89. The molecule has 1 saturated carbocycles. The zero-order valence-corrected chi connectivity index (χ0v) is 10.9. The summed E-state index contributed by atoms with van der Waals surface area (Å²) in [5.74, 6) is -0.190. The van der Waals surface area contributed by atoms with E-state index in [0.29, 0.717) is 12.8 Å². The zero-order valence-electron chi connectivity index (χ0n) is 10.9. The fourth-order valence-corrected chi connectivity index (χ4v) is 2.51. The molecule has 1 heterocycles. The lowest BCUT2D eigenvalue weighted by atomic mass is 10.1. The summed E-state index contributed by atoms with van der Waals surface area (Å²) in [5.41, 5.74) is 0. The van der Waals surface area contributed by atoms with Gasteiger partial charge in [-0.25, -0.2) is 0 Å². The molecule has 4 heteroatoms. The van der Waals surface area contributed by atoms with Gasteiger partial charge in [-0.05, 0) is 32.1 Å². The van der Waals surface area contributed by atoms with Crippen molar-refractivity contribution in [3.05, 3.63) is 12.2 Å². The van der Waals surface area contributed by atoms with Gasteiger partial charge in [-0.1, -0.05) is 19.1 Å². The lowest BCUT2D eigenvalue weighted by Gasteiger charge is -2.23. The number of hydrogen-bond donors (Lipinski definition) is 1. The molecule has 18 heavy (non-hydrogen) atoms. The fourth-order valence-electron chi connectivity index (χ4n) is 2.51. The molecule has 0 radical (unpaired) electrons. The molecule has 0 spiro atoms. The van der Waals surface area contributed by atoms with Gasteiger partial charge in [0.25, 0.3) is 0 Å². The van der Waals surface area contributed by atoms with Crippen LogP contribution >= 0.6 is 0 Å². The molecule has 100 valence electrons. The number of fused-ring (bicyclic) bond motifs is 1. The van der Waals surface area contributed by atoms with Crippen LogP contribution in [0.2, 0.25) is 0 Å². The van der Waals surface area contributed by atoms with Crippen LogP contribution in [0.4, 0.5) is 0 Å². The molecule has 1 amide bonds. The van der Waals surface area contributed by atoms with Crippen molar-refractivity contribution in [2.75, 3.05) is 0 Å². The largest absolute Gasteiger partial charge is 0.460 e. The van der Waals surface area contributed by atoms with Gasteiger partial charge in [0.1, 0.15) is 6.10 Å². The highest BCUT2D eigenvalue weighted by Crippen LogP contribution is 2.24. The Kier molecular flexibility index (Phi) is 4.39. The van der Waals surface area contributed by atoms with Crippen LogP contribution < -0.4 is 5.32 Å². The van der Waals surface area contributed by atoms with Crippen LogP contribution in [-0.4, -0.2) is 24.0 Å². The van der Waals surface area contributed by atoms with E-state index in [2.05, 4.69) is 5.32 Å². The number of allylic oxidation sites excluding steroid dienone is 2. The summed E-state index contributed by atoms with van der Waals surface area (Å²) in [7, 11) is 0. The van der Waals surface area contributed by atoms with Crippen LogP contribution in [0, 0.1) is 5.92 Å². The molecule has 0 bridgehead atoms. The molecule has 2 rings (SSSR count). The second-order valence-corrected chi connectivity index (χ2v) is 5.23. The number of nitrogens with one attached hydrogen (secondary N) is 1. The quantitative estimate of drug-likeness (QED) is 0.529. The summed E-state index contributed by atoms with van der Waals surface area (Å²) in [6, 6.07) is 0.0112. The molecule has 0 aromatic carbocycles. The second kappa shape index (κ2) is 6.03. The first-order valence-corrected chi connectivity index (χ1v) is 6.81. The van der Waals surface area contributed by atoms with E-state index in [1.54, 1.807) is 0 Å². The van der Waals surface area contributed by atoms with Gasteiger partial charge in [0, 0.05) is 6.42 Å². The molecule has 0 aromatic rings. The van der Waals surface area contributed by atoms with Crippen LogP contribution in [0.1, 0.15) is 45.4 Å². The average molecular weight is 251 g/mol. The predicted octanol–water partition coefficient (Wildman–Crippen LogP) is 1.94. The maximum atomic E-state index is 11.9. The van der Waals surface area contributed by atoms with Crippen LogP contribution in [0.3, 0.4) is 0 Å². The van der Waals surface area contributed by atoms with Crippen molar-refractivity contribution in [1.82, 2.24) is 5.32 Å². The topological polar surface area (TPSA) is 55.4 Å². The molecule has 0 saturated heterocycles. The van der Waals surface area contributed by atoms with Crippen LogP contribution in [0.5, 0.6) is 0 Å². The lowest BCUT2D eigenvalue weighted by molar-refractivity contribution is -0.154. The maximum Gasteiger partial charge on any atom is 0.309 e. The maximum absolute atomic E-state index is 11.9. The van der Waals surface area contributed by atoms with Crippen molar-refractivity contribution >= 4 is 11.9 Å². The molecule has 3 atom stereocenters. The Morgan fingerprint density at radius 3 is 2.94 bits per heavy atom. The molecule has 1 aliphatic heterocycles. The van der Waals surface area contributed by atoms with Gasteiger partial charge in [0.15, 0.2) is 0 Å². The van der Waals surface area contributed by atoms with Crippen molar-refractivity contribution in [2.24, 2.45) is 5.92 Å². The first-order valence-electron chi connectivity index (χ1n) is 6.81. The normalized spacial score (nSPS) is 33.9. The van der Waals surface area contributed by atoms with Crippen molar-refractivity contribution in [1.29, 1.82) is 0 Å². The van der Waals surface area contributed by atoms with Crippen molar-refractivity contribution in [3.63, 3.8) is 0 Å². The summed E-state index contributed by atoms with van der Waals surface area (Å²) in [6.07, 6.45) is 8.53. The van der Waals surface area contributed by atoms with Crippen molar-refractivity contribution < 1.29 is 14.3 Å². The Morgan fingerprint density at radius 1 is 1.28 bits per heavy atom. The van der Waals surface area contributed by atoms with E-state index in [9.17, 15) is 9.59 Å². The Morgan fingerprint density at radius 2 is 2.11 bits per heavy atom. The Labute approximate surface area is 108 Å². The number of esters is 1. The van der Waals surface area contributed by atoms with Crippen LogP contribution in [0.15, 0.2) is 12.2 Å². The van der Waals surface area contributed by atoms with E-state index < -0.39 is 0 Å². The fraction of sp³-hybridized carbons (Fsp3) is 0.714. The Hall–Kier alpha value is -1.32. The molecule has 0 unspecified atom stereocenters. The first kappa shape index (κ1) is 13.1. The third-order valence-corrected chi connectivity index (χ3v) is 3.66. The summed E-state index contributed by atoms with van der Waals surface area (Å²) in [5, 5.41) is 2.98. The predicted molar refractivity (Wildman–Crippen MR) is 67.8 cm³/mol. The minimum Gasteiger partial charge on any atom is -0.460 e. The van der Waals surface area contributed by atoms with E-state index in [-0.39, 0.29) is 29.9 Å². The van der Waals surface area contributed by atoms with Gasteiger partial charge in [0.2, 0.25) is 5.91 Å². The molecule has 1 N–H and O–H groups in total. The number of ether oxygens (including phenoxy) is 1. The van der Waals surface area contributed by atoms with Crippen molar-refractivity contribution in [3.8, 4) is 0 Å². The lowest BCUT2D eigenvalue weighted by Crippen LogP contribution is -2.42. The van der Waals surface area contributed by atoms with E-state index in [0.717, 1.165) is 25.7 Å². The Bertz CT molecular complexity index is 351. The highest BCUT2D eigenvalue weighted by Gasteiger charge is 2.32.